The van der Waals surface area contributed by atoms with Crippen LogP contribution in [0.5, 0.6) is 0 Å². The Labute approximate surface area is 179 Å². The number of nitrogens with one attached hydrogen (secondary N) is 1. The molecule has 1 aliphatic carbocycles. The van der Waals surface area contributed by atoms with E-state index < -0.39 is 16.1 Å². The summed E-state index contributed by atoms with van der Waals surface area (Å²) in [7, 11) is -3.70. The average molecular weight is 450 g/mol. The fraction of sp³-hybridized carbons (Fsp3) is 0.500. The molecule has 154 valence electrons. The molecule has 1 aliphatic heterocycles. The van der Waals surface area contributed by atoms with Crippen LogP contribution in [0, 0.1) is 17.2 Å². The molecule has 0 spiro atoms. The summed E-state index contributed by atoms with van der Waals surface area (Å²) in [6, 6.07) is 4.78. The van der Waals surface area contributed by atoms with Crippen LogP contribution in [0.25, 0.3) is 0 Å². The predicted molar refractivity (Wildman–Crippen MR) is 115 cm³/mol. The molecule has 1 N–H and O–H groups in total. The van der Waals surface area contributed by atoms with Gasteiger partial charge in [0.15, 0.2) is 0 Å². The Bertz CT molecular complexity index is 1050. The van der Waals surface area contributed by atoms with Crippen LogP contribution < -0.4 is 5.32 Å². The Kier molecular flexibility index (Phi) is 5.80. The molecule has 0 aromatic carbocycles. The van der Waals surface area contributed by atoms with E-state index in [0.29, 0.717) is 29.4 Å². The summed E-state index contributed by atoms with van der Waals surface area (Å²) < 4.78 is 27.7. The van der Waals surface area contributed by atoms with Crippen molar-refractivity contribution < 1.29 is 13.2 Å². The Morgan fingerprint density at radius 2 is 2.17 bits per heavy atom. The van der Waals surface area contributed by atoms with Crippen molar-refractivity contribution in [3.63, 3.8) is 0 Å². The fourth-order valence-electron chi connectivity index (χ4n) is 4.13. The lowest BCUT2D eigenvalue weighted by atomic mass is 9.88. The van der Waals surface area contributed by atoms with Crippen LogP contribution in [0.2, 0.25) is 0 Å². The smallest absolute Gasteiger partial charge is 0.253 e. The highest BCUT2D eigenvalue weighted by molar-refractivity contribution is 7.91. The third kappa shape index (κ3) is 3.87. The second-order valence-electron chi connectivity index (χ2n) is 7.72. The summed E-state index contributed by atoms with van der Waals surface area (Å²) in [5.74, 6) is 0.231. The zero-order chi connectivity index (χ0) is 20.6. The number of hydrogen-bond donors (Lipinski definition) is 1. The minimum Gasteiger partial charge on any atom is -0.315 e. The van der Waals surface area contributed by atoms with E-state index in [1.165, 1.54) is 20.5 Å². The molecule has 3 heterocycles. The summed E-state index contributed by atoms with van der Waals surface area (Å²) >= 11 is 2.63. The maximum atomic E-state index is 13.1. The van der Waals surface area contributed by atoms with Crippen molar-refractivity contribution >= 4 is 43.6 Å². The van der Waals surface area contributed by atoms with Gasteiger partial charge in [-0.15, -0.1) is 22.7 Å². The second kappa shape index (κ2) is 8.19. The third-order valence-electron chi connectivity index (χ3n) is 5.67. The molecule has 9 heteroatoms. The zero-order valence-electron chi connectivity index (χ0n) is 16.2. The molecule has 1 amide bonds. The maximum absolute atomic E-state index is 13.1. The molecule has 1 fully saturated rings. The van der Waals surface area contributed by atoms with E-state index in [1.54, 1.807) is 17.5 Å². The largest absolute Gasteiger partial charge is 0.315 e. The van der Waals surface area contributed by atoms with Crippen molar-refractivity contribution in [3.05, 3.63) is 33.5 Å². The van der Waals surface area contributed by atoms with Crippen molar-refractivity contribution in [1.29, 1.82) is 5.26 Å². The van der Waals surface area contributed by atoms with E-state index in [-0.39, 0.29) is 10.1 Å². The predicted octanol–water partition coefficient (Wildman–Crippen LogP) is 3.99. The number of fused-ring (bicyclic) bond motifs is 1. The van der Waals surface area contributed by atoms with Crippen LogP contribution in [0.15, 0.2) is 21.7 Å². The quantitative estimate of drug-likeness (QED) is 0.764. The lowest BCUT2D eigenvalue weighted by Gasteiger charge is -2.33. The van der Waals surface area contributed by atoms with Crippen LogP contribution >= 0.6 is 22.7 Å². The van der Waals surface area contributed by atoms with Crippen molar-refractivity contribution in [3.8, 4) is 6.07 Å². The van der Waals surface area contributed by atoms with Crippen LogP contribution in [0.4, 0.5) is 5.00 Å². The summed E-state index contributed by atoms with van der Waals surface area (Å²) in [5.41, 5.74) is 1.60. The van der Waals surface area contributed by atoms with Gasteiger partial charge in [0.1, 0.15) is 21.3 Å². The molecular formula is C20H23N3O3S3. The fourth-order valence-corrected chi connectivity index (χ4v) is 8.27. The Balaban J connectivity index is 1.60. The lowest BCUT2D eigenvalue weighted by molar-refractivity contribution is -0.120. The first kappa shape index (κ1) is 20.5. The van der Waals surface area contributed by atoms with Gasteiger partial charge >= 0.3 is 0 Å². The highest BCUT2D eigenvalue weighted by Gasteiger charge is 2.38. The first-order chi connectivity index (χ1) is 13.9. The number of carbonyl (C=O) groups excluding carboxylic acids is 1. The van der Waals surface area contributed by atoms with E-state index in [4.69, 9.17) is 0 Å². The number of amides is 1. The number of nitriles is 1. The third-order valence-corrected chi connectivity index (χ3v) is 10.1. The molecule has 2 aliphatic rings. The van der Waals surface area contributed by atoms with Gasteiger partial charge in [-0.1, -0.05) is 19.4 Å². The van der Waals surface area contributed by atoms with E-state index in [9.17, 15) is 18.5 Å². The van der Waals surface area contributed by atoms with Crippen LogP contribution in [0.3, 0.4) is 0 Å². The number of piperidine rings is 1. The molecule has 2 aromatic heterocycles. The van der Waals surface area contributed by atoms with E-state index in [1.807, 2.05) is 0 Å². The summed E-state index contributed by atoms with van der Waals surface area (Å²) in [4.78, 5) is 14.3. The number of carbonyl (C=O) groups is 1. The lowest BCUT2D eigenvalue weighted by Crippen LogP contribution is -2.49. The molecule has 2 unspecified atom stereocenters. The van der Waals surface area contributed by atoms with Gasteiger partial charge in [-0.25, -0.2) is 8.42 Å². The number of nitrogens with zero attached hydrogens (tertiary/aromatic N) is 2. The average Bonchev–Trinajstić information content (AvgIpc) is 3.35. The minimum absolute atomic E-state index is 0.260. The van der Waals surface area contributed by atoms with E-state index in [2.05, 4.69) is 18.3 Å². The van der Waals surface area contributed by atoms with Crippen molar-refractivity contribution in [2.24, 2.45) is 5.92 Å². The molecule has 2 atom stereocenters. The Hall–Kier alpha value is -1.73. The van der Waals surface area contributed by atoms with E-state index in [0.717, 1.165) is 49.0 Å². The molecule has 0 saturated carbocycles. The standard InChI is InChI=1S/C20H23N3O3S3/c1-13-7-8-14-15(12-21)20(28-17(14)11-13)22-19(24)16-5-2-3-9-23(16)29(25,26)18-6-4-10-27-18/h4,6,10,13,16H,2-3,5,7-9,11H2,1H3,(H,22,24). The van der Waals surface area contributed by atoms with Gasteiger partial charge in [0.2, 0.25) is 5.91 Å². The van der Waals surface area contributed by atoms with Gasteiger partial charge in [0, 0.05) is 11.4 Å². The molecular weight excluding hydrogens is 426 g/mol. The molecule has 6 nitrogen and oxygen atoms in total. The summed E-state index contributed by atoms with van der Waals surface area (Å²) in [6.07, 6.45) is 4.85. The summed E-state index contributed by atoms with van der Waals surface area (Å²) in [6.45, 7) is 2.53. The van der Waals surface area contributed by atoms with Crippen molar-refractivity contribution in [2.75, 3.05) is 11.9 Å². The molecule has 0 radical (unpaired) electrons. The monoisotopic (exact) mass is 449 g/mol. The summed E-state index contributed by atoms with van der Waals surface area (Å²) in [5, 5.41) is 14.9. The van der Waals surface area contributed by atoms with Gasteiger partial charge in [-0.3, -0.25) is 4.79 Å². The highest BCUT2D eigenvalue weighted by atomic mass is 32.2. The Morgan fingerprint density at radius 3 is 2.90 bits per heavy atom. The van der Waals surface area contributed by atoms with Crippen molar-refractivity contribution in [1.82, 2.24) is 4.31 Å². The number of hydrogen-bond acceptors (Lipinski definition) is 6. The van der Waals surface area contributed by atoms with Crippen LogP contribution in [-0.4, -0.2) is 31.2 Å². The second-order valence-corrected chi connectivity index (χ2v) is 11.9. The SMILES string of the molecule is CC1CCc2c(sc(NC(=O)C3CCCCN3S(=O)(=O)c3cccs3)c2C#N)C1. The molecule has 2 aromatic rings. The first-order valence-electron chi connectivity index (χ1n) is 9.82. The number of thiophene rings is 2. The van der Waals surface area contributed by atoms with Crippen LogP contribution in [0.1, 0.15) is 48.6 Å². The molecule has 29 heavy (non-hydrogen) atoms. The molecule has 4 rings (SSSR count). The van der Waals surface area contributed by atoms with Gasteiger partial charge in [-0.2, -0.15) is 9.57 Å². The number of rotatable bonds is 4. The topological polar surface area (TPSA) is 90.3 Å². The van der Waals surface area contributed by atoms with Gasteiger partial charge in [0.05, 0.1) is 5.56 Å². The minimum atomic E-state index is -3.70. The van der Waals surface area contributed by atoms with Gasteiger partial charge in [0.25, 0.3) is 10.0 Å². The molecule has 0 bridgehead atoms. The maximum Gasteiger partial charge on any atom is 0.253 e. The first-order valence-corrected chi connectivity index (χ1v) is 13.0. The number of sulfonamides is 1. The number of anilines is 1. The van der Waals surface area contributed by atoms with Crippen LogP contribution in [-0.2, 0) is 27.7 Å². The van der Waals surface area contributed by atoms with Crippen molar-refractivity contribution in [2.45, 2.75) is 55.7 Å². The normalized spacial score (nSPS) is 22.6. The highest BCUT2D eigenvalue weighted by Crippen LogP contribution is 2.39. The zero-order valence-corrected chi connectivity index (χ0v) is 18.6. The Morgan fingerprint density at radius 1 is 1.34 bits per heavy atom. The van der Waals surface area contributed by atoms with Gasteiger partial charge < -0.3 is 5.32 Å². The van der Waals surface area contributed by atoms with Gasteiger partial charge in [-0.05, 0) is 55.0 Å². The molecule has 1 saturated heterocycles. The van der Waals surface area contributed by atoms with E-state index >= 15 is 0 Å².